The number of halogens is 1. The standard InChI is InChI=1S/C10H15BrN2O3/c1-14-2-3-15-4-5-16-10-8(11)6-13-7-9(10)12/h6-7H,2-5,12H2,1H3. The van der Waals surface area contributed by atoms with E-state index in [0.717, 1.165) is 4.47 Å². The van der Waals surface area contributed by atoms with E-state index in [1.807, 2.05) is 0 Å². The Morgan fingerprint density at radius 1 is 1.25 bits per heavy atom. The monoisotopic (exact) mass is 290 g/mol. The zero-order valence-corrected chi connectivity index (χ0v) is 10.7. The van der Waals surface area contributed by atoms with Gasteiger partial charge in [-0.3, -0.25) is 4.98 Å². The van der Waals surface area contributed by atoms with Gasteiger partial charge in [0.2, 0.25) is 0 Å². The molecule has 0 unspecified atom stereocenters. The number of nitrogens with zero attached hydrogens (tertiary/aromatic N) is 1. The van der Waals surface area contributed by atoms with Gasteiger partial charge < -0.3 is 19.9 Å². The molecule has 0 saturated carbocycles. The number of nitrogen functional groups attached to an aromatic ring is 1. The van der Waals surface area contributed by atoms with Gasteiger partial charge in [0.1, 0.15) is 6.61 Å². The second kappa shape index (κ2) is 7.43. The SMILES string of the molecule is COCCOCCOc1c(N)cncc1Br. The van der Waals surface area contributed by atoms with Crippen LogP contribution in [0.15, 0.2) is 16.9 Å². The minimum atomic E-state index is 0.441. The van der Waals surface area contributed by atoms with E-state index in [-0.39, 0.29) is 0 Å². The summed E-state index contributed by atoms with van der Waals surface area (Å²) >= 11 is 3.31. The van der Waals surface area contributed by atoms with Gasteiger partial charge in [0.25, 0.3) is 0 Å². The van der Waals surface area contributed by atoms with Crippen molar-refractivity contribution >= 4 is 21.6 Å². The van der Waals surface area contributed by atoms with E-state index >= 15 is 0 Å². The molecule has 5 nitrogen and oxygen atoms in total. The molecule has 1 aromatic heterocycles. The maximum atomic E-state index is 5.71. The van der Waals surface area contributed by atoms with Gasteiger partial charge in [0, 0.05) is 13.3 Å². The summed E-state index contributed by atoms with van der Waals surface area (Å²) in [4.78, 5) is 3.91. The molecule has 1 rings (SSSR count). The normalized spacial score (nSPS) is 10.4. The minimum absolute atomic E-state index is 0.441. The lowest BCUT2D eigenvalue weighted by Crippen LogP contribution is -2.11. The highest BCUT2D eigenvalue weighted by atomic mass is 79.9. The zero-order chi connectivity index (χ0) is 11.8. The van der Waals surface area contributed by atoms with Crippen molar-refractivity contribution in [3.63, 3.8) is 0 Å². The molecule has 0 saturated heterocycles. The summed E-state index contributed by atoms with van der Waals surface area (Å²) in [6.07, 6.45) is 3.18. The molecule has 0 fully saturated rings. The highest BCUT2D eigenvalue weighted by Gasteiger charge is 2.05. The molecule has 0 atom stereocenters. The molecule has 2 N–H and O–H groups in total. The van der Waals surface area contributed by atoms with Crippen LogP contribution in [0, 0.1) is 0 Å². The number of hydrogen-bond donors (Lipinski definition) is 1. The average molecular weight is 291 g/mol. The van der Waals surface area contributed by atoms with Crippen LogP contribution in [-0.4, -0.2) is 38.5 Å². The van der Waals surface area contributed by atoms with Crippen LogP contribution in [0.2, 0.25) is 0 Å². The molecule has 0 bridgehead atoms. The minimum Gasteiger partial charge on any atom is -0.488 e. The molecule has 0 aromatic carbocycles. The van der Waals surface area contributed by atoms with Crippen LogP contribution >= 0.6 is 15.9 Å². The van der Waals surface area contributed by atoms with E-state index in [4.69, 9.17) is 19.9 Å². The summed E-state index contributed by atoms with van der Waals surface area (Å²) in [5.41, 5.74) is 6.21. The van der Waals surface area contributed by atoms with Crippen LogP contribution in [0.5, 0.6) is 5.75 Å². The van der Waals surface area contributed by atoms with Crippen molar-refractivity contribution in [3.8, 4) is 5.75 Å². The number of nitrogens with two attached hydrogens (primary N) is 1. The Hall–Kier alpha value is -0.850. The van der Waals surface area contributed by atoms with E-state index in [0.29, 0.717) is 37.9 Å². The van der Waals surface area contributed by atoms with Crippen LogP contribution < -0.4 is 10.5 Å². The van der Waals surface area contributed by atoms with Crippen LogP contribution in [0.1, 0.15) is 0 Å². The number of anilines is 1. The lowest BCUT2D eigenvalue weighted by molar-refractivity contribution is 0.0544. The summed E-state index contributed by atoms with van der Waals surface area (Å²) in [6, 6.07) is 0. The van der Waals surface area contributed by atoms with Gasteiger partial charge in [-0.05, 0) is 15.9 Å². The smallest absolute Gasteiger partial charge is 0.159 e. The number of ether oxygens (including phenoxy) is 3. The van der Waals surface area contributed by atoms with Crippen molar-refractivity contribution in [1.82, 2.24) is 4.98 Å². The van der Waals surface area contributed by atoms with Gasteiger partial charge >= 0.3 is 0 Å². The molecule has 0 radical (unpaired) electrons. The van der Waals surface area contributed by atoms with Gasteiger partial charge in [-0.2, -0.15) is 0 Å². The highest BCUT2D eigenvalue weighted by molar-refractivity contribution is 9.10. The Labute approximate surface area is 103 Å². The van der Waals surface area contributed by atoms with Crippen LogP contribution in [0.3, 0.4) is 0 Å². The molecule has 90 valence electrons. The first kappa shape index (κ1) is 13.2. The molecule has 1 aromatic rings. The Bertz CT molecular complexity index is 303. The molecular formula is C10H15BrN2O3. The van der Waals surface area contributed by atoms with Crippen molar-refractivity contribution in [3.05, 3.63) is 16.9 Å². The first-order valence-corrected chi connectivity index (χ1v) is 5.63. The molecule has 1 heterocycles. The largest absolute Gasteiger partial charge is 0.488 e. The van der Waals surface area contributed by atoms with Crippen molar-refractivity contribution < 1.29 is 14.2 Å². The van der Waals surface area contributed by atoms with Gasteiger partial charge in [-0.1, -0.05) is 0 Å². The Morgan fingerprint density at radius 2 is 2.00 bits per heavy atom. The average Bonchev–Trinajstić information content (AvgIpc) is 2.26. The number of hydrogen-bond acceptors (Lipinski definition) is 5. The fourth-order valence-corrected chi connectivity index (χ4v) is 1.50. The van der Waals surface area contributed by atoms with E-state index in [2.05, 4.69) is 20.9 Å². The zero-order valence-electron chi connectivity index (χ0n) is 9.11. The molecule has 0 aliphatic heterocycles. The second-order valence-electron chi connectivity index (χ2n) is 2.99. The fourth-order valence-electron chi connectivity index (χ4n) is 1.04. The van der Waals surface area contributed by atoms with Crippen LogP contribution in [0.4, 0.5) is 5.69 Å². The number of rotatable bonds is 7. The summed E-state index contributed by atoms with van der Waals surface area (Å²) in [5, 5.41) is 0. The number of methoxy groups -OCH3 is 1. The van der Waals surface area contributed by atoms with Gasteiger partial charge in [-0.15, -0.1) is 0 Å². The fraction of sp³-hybridized carbons (Fsp3) is 0.500. The van der Waals surface area contributed by atoms with Gasteiger partial charge in [0.05, 0.1) is 36.2 Å². The third-order valence-corrected chi connectivity index (χ3v) is 2.35. The summed E-state index contributed by atoms with van der Waals surface area (Å²) in [7, 11) is 1.63. The molecule has 0 aliphatic rings. The quantitative estimate of drug-likeness (QED) is 0.771. The van der Waals surface area contributed by atoms with E-state index in [9.17, 15) is 0 Å². The van der Waals surface area contributed by atoms with Crippen LogP contribution in [-0.2, 0) is 9.47 Å². The molecular weight excluding hydrogens is 276 g/mol. The third-order valence-electron chi connectivity index (χ3n) is 1.79. The topological polar surface area (TPSA) is 66.6 Å². The first-order chi connectivity index (χ1) is 7.75. The van der Waals surface area contributed by atoms with Crippen molar-refractivity contribution in [2.75, 3.05) is 39.3 Å². The summed E-state index contributed by atoms with van der Waals surface area (Å²) in [6.45, 7) is 2.09. The van der Waals surface area contributed by atoms with E-state index < -0.39 is 0 Å². The number of pyridine rings is 1. The lowest BCUT2D eigenvalue weighted by atomic mass is 10.4. The lowest BCUT2D eigenvalue weighted by Gasteiger charge is -2.10. The Kier molecular flexibility index (Phi) is 6.14. The van der Waals surface area contributed by atoms with E-state index in [1.165, 1.54) is 0 Å². The predicted molar refractivity (Wildman–Crippen MR) is 64.5 cm³/mol. The Balaban J connectivity index is 2.26. The molecule has 0 amide bonds. The van der Waals surface area contributed by atoms with Crippen molar-refractivity contribution in [1.29, 1.82) is 0 Å². The summed E-state index contributed by atoms with van der Waals surface area (Å²) in [5.74, 6) is 0.602. The molecule has 16 heavy (non-hydrogen) atoms. The van der Waals surface area contributed by atoms with E-state index in [1.54, 1.807) is 19.5 Å². The highest BCUT2D eigenvalue weighted by Crippen LogP contribution is 2.29. The second-order valence-corrected chi connectivity index (χ2v) is 3.85. The first-order valence-electron chi connectivity index (χ1n) is 4.84. The van der Waals surface area contributed by atoms with Crippen molar-refractivity contribution in [2.45, 2.75) is 0 Å². The maximum absolute atomic E-state index is 5.71. The maximum Gasteiger partial charge on any atom is 0.159 e. The third kappa shape index (κ3) is 4.34. The predicted octanol–water partition coefficient (Wildman–Crippen LogP) is 1.47. The van der Waals surface area contributed by atoms with Crippen LogP contribution in [0.25, 0.3) is 0 Å². The Morgan fingerprint density at radius 3 is 2.69 bits per heavy atom. The number of aromatic nitrogens is 1. The summed E-state index contributed by atoms with van der Waals surface area (Å²) < 4.78 is 16.3. The van der Waals surface area contributed by atoms with Crippen molar-refractivity contribution in [2.24, 2.45) is 0 Å². The van der Waals surface area contributed by atoms with Gasteiger partial charge in [0.15, 0.2) is 5.75 Å². The molecule has 0 aliphatic carbocycles. The van der Waals surface area contributed by atoms with Gasteiger partial charge in [-0.25, -0.2) is 0 Å². The molecule has 0 spiro atoms. The molecule has 6 heteroatoms.